The standard InChI is InChI=1S/C22H29N3O/c1-13(2)11-15-19(22(15,4)5)21(26)25-10-6-7-18(25)20-23-16-9-8-14(3)12-17(16)24-20/h8-9,11-12,15,18-19H,6-7,10H2,1-5H3,(H,23,24)/t15-,18-,19-/m1/s1. The molecule has 0 spiro atoms. The lowest BCUT2D eigenvalue weighted by molar-refractivity contribution is -0.134. The summed E-state index contributed by atoms with van der Waals surface area (Å²) < 4.78 is 0. The Labute approximate surface area is 155 Å². The van der Waals surface area contributed by atoms with Crippen molar-refractivity contribution in [1.29, 1.82) is 0 Å². The third-order valence-electron chi connectivity index (χ3n) is 6.20. The zero-order valence-electron chi connectivity index (χ0n) is 16.5. The van der Waals surface area contributed by atoms with Gasteiger partial charge in [-0.05, 0) is 62.6 Å². The van der Waals surface area contributed by atoms with Gasteiger partial charge in [0.05, 0.1) is 23.0 Å². The molecule has 1 saturated carbocycles. The number of benzene rings is 1. The first-order chi connectivity index (χ1) is 12.3. The third kappa shape index (κ3) is 2.76. The minimum Gasteiger partial charge on any atom is -0.340 e. The van der Waals surface area contributed by atoms with E-state index in [4.69, 9.17) is 4.98 Å². The van der Waals surface area contributed by atoms with Crippen LogP contribution in [0.15, 0.2) is 29.8 Å². The van der Waals surface area contributed by atoms with Crippen LogP contribution in [0.1, 0.15) is 58.0 Å². The zero-order chi connectivity index (χ0) is 18.6. The maximum atomic E-state index is 13.3. The number of fused-ring (bicyclic) bond motifs is 1. The molecule has 138 valence electrons. The third-order valence-corrected chi connectivity index (χ3v) is 6.20. The molecule has 0 radical (unpaired) electrons. The molecule has 4 heteroatoms. The van der Waals surface area contributed by atoms with Crippen LogP contribution in [0.25, 0.3) is 11.0 Å². The lowest BCUT2D eigenvalue weighted by atomic mass is 10.1. The minimum atomic E-state index is 0.0620. The number of amides is 1. The summed E-state index contributed by atoms with van der Waals surface area (Å²) >= 11 is 0. The number of hydrogen-bond donors (Lipinski definition) is 1. The van der Waals surface area contributed by atoms with Crippen LogP contribution in [0.5, 0.6) is 0 Å². The number of aromatic amines is 1. The van der Waals surface area contributed by atoms with Crippen molar-refractivity contribution in [3.05, 3.63) is 41.2 Å². The number of hydrogen-bond acceptors (Lipinski definition) is 2. The highest BCUT2D eigenvalue weighted by Gasteiger charge is 2.62. The molecule has 2 fully saturated rings. The van der Waals surface area contributed by atoms with Crippen LogP contribution in [0.3, 0.4) is 0 Å². The lowest BCUT2D eigenvalue weighted by Crippen LogP contribution is -2.33. The first-order valence-corrected chi connectivity index (χ1v) is 9.71. The van der Waals surface area contributed by atoms with Crippen LogP contribution in [0.2, 0.25) is 0 Å². The highest BCUT2D eigenvalue weighted by Crippen LogP contribution is 2.60. The molecule has 1 aromatic carbocycles. The molecule has 0 unspecified atom stereocenters. The molecule has 3 atom stereocenters. The largest absolute Gasteiger partial charge is 0.340 e. The summed E-state index contributed by atoms with van der Waals surface area (Å²) in [5.74, 6) is 1.70. The molecule has 0 bridgehead atoms. The van der Waals surface area contributed by atoms with E-state index < -0.39 is 0 Å². The van der Waals surface area contributed by atoms with E-state index in [1.807, 2.05) is 0 Å². The zero-order valence-corrected chi connectivity index (χ0v) is 16.5. The number of aryl methyl sites for hydroxylation is 1. The number of aromatic nitrogens is 2. The molecular weight excluding hydrogens is 322 g/mol. The number of rotatable bonds is 3. The van der Waals surface area contributed by atoms with Crippen LogP contribution >= 0.6 is 0 Å². The van der Waals surface area contributed by atoms with Gasteiger partial charge in [0.1, 0.15) is 5.82 Å². The van der Waals surface area contributed by atoms with Gasteiger partial charge in [0, 0.05) is 6.54 Å². The van der Waals surface area contributed by atoms with E-state index in [9.17, 15) is 4.79 Å². The van der Waals surface area contributed by atoms with E-state index in [0.29, 0.717) is 11.8 Å². The van der Waals surface area contributed by atoms with Crippen molar-refractivity contribution in [3.8, 4) is 0 Å². The Morgan fingerprint density at radius 1 is 1.35 bits per heavy atom. The molecule has 26 heavy (non-hydrogen) atoms. The Morgan fingerprint density at radius 2 is 2.12 bits per heavy atom. The van der Waals surface area contributed by atoms with Crippen molar-refractivity contribution in [1.82, 2.24) is 14.9 Å². The van der Waals surface area contributed by atoms with Gasteiger partial charge in [-0.15, -0.1) is 0 Å². The van der Waals surface area contributed by atoms with Gasteiger partial charge in [-0.1, -0.05) is 31.6 Å². The number of allylic oxidation sites excluding steroid dienone is 2. The van der Waals surface area contributed by atoms with Gasteiger partial charge in [-0.2, -0.15) is 0 Å². The number of carbonyl (C=O) groups excluding carboxylic acids is 1. The smallest absolute Gasteiger partial charge is 0.227 e. The molecule has 1 aromatic heterocycles. The SMILES string of the molecule is CC(C)=C[C@@H]1[C@H](C(=O)N2CCC[C@@H]2c2nc3ccc(C)cc3[nH]2)C1(C)C. The molecule has 2 heterocycles. The number of H-pyrrole nitrogens is 1. The molecule has 1 aliphatic heterocycles. The number of likely N-dealkylation sites (tertiary alicyclic amines) is 1. The van der Waals surface area contributed by atoms with E-state index in [2.05, 4.69) is 68.8 Å². The normalized spacial score (nSPS) is 27.0. The molecule has 1 N–H and O–H groups in total. The van der Waals surface area contributed by atoms with Crippen molar-refractivity contribution < 1.29 is 4.79 Å². The number of nitrogens with one attached hydrogen (secondary N) is 1. The second-order valence-corrected chi connectivity index (χ2v) is 8.90. The maximum Gasteiger partial charge on any atom is 0.227 e. The number of imidazole rings is 1. The fourth-order valence-corrected chi connectivity index (χ4v) is 4.61. The van der Waals surface area contributed by atoms with E-state index in [1.165, 1.54) is 11.1 Å². The molecular formula is C22H29N3O. The van der Waals surface area contributed by atoms with Gasteiger partial charge >= 0.3 is 0 Å². The Balaban J connectivity index is 1.60. The average Bonchev–Trinajstić information content (AvgIpc) is 2.97. The Hall–Kier alpha value is -2.10. The van der Waals surface area contributed by atoms with Gasteiger partial charge in [-0.25, -0.2) is 4.98 Å². The fraction of sp³-hybridized carbons (Fsp3) is 0.545. The first kappa shape index (κ1) is 17.3. The summed E-state index contributed by atoms with van der Waals surface area (Å²) in [6, 6.07) is 6.35. The number of nitrogens with zero attached hydrogens (tertiary/aromatic N) is 2. The summed E-state index contributed by atoms with van der Waals surface area (Å²) in [5, 5.41) is 0. The van der Waals surface area contributed by atoms with Gasteiger partial charge in [0.15, 0.2) is 0 Å². The summed E-state index contributed by atoms with van der Waals surface area (Å²) in [6.07, 6.45) is 4.32. The van der Waals surface area contributed by atoms with E-state index in [0.717, 1.165) is 36.2 Å². The maximum absolute atomic E-state index is 13.3. The molecule has 1 saturated heterocycles. The molecule has 2 aromatic rings. The molecule has 2 aliphatic rings. The second-order valence-electron chi connectivity index (χ2n) is 8.90. The van der Waals surface area contributed by atoms with E-state index in [-0.39, 0.29) is 17.4 Å². The van der Waals surface area contributed by atoms with Crippen LogP contribution in [0, 0.1) is 24.2 Å². The van der Waals surface area contributed by atoms with Crippen LogP contribution in [-0.4, -0.2) is 27.3 Å². The monoisotopic (exact) mass is 351 g/mol. The van der Waals surface area contributed by atoms with Gasteiger partial charge in [-0.3, -0.25) is 4.79 Å². The Bertz CT molecular complexity index is 888. The van der Waals surface area contributed by atoms with Crippen molar-refractivity contribution in [2.24, 2.45) is 17.3 Å². The van der Waals surface area contributed by atoms with Crippen molar-refractivity contribution >= 4 is 16.9 Å². The van der Waals surface area contributed by atoms with E-state index >= 15 is 0 Å². The molecule has 1 aliphatic carbocycles. The molecule has 4 nitrogen and oxygen atoms in total. The van der Waals surface area contributed by atoms with Gasteiger partial charge in [0.25, 0.3) is 0 Å². The van der Waals surface area contributed by atoms with Crippen molar-refractivity contribution in [2.45, 2.75) is 53.5 Å². The predicted octanol–water partition coefficient (Wildman–Crippen LogP) is 4.77. The van der Waals surface area contributed by atoms with Crippen LogP contribution in [-0.2, 0) is 4.79 Å². The van der Waals surface area contributed by atoms with Crippen LogP contribution < -0.4 is 0 Å². The topological polar surface area (TPSA) is 49.0 Å². The second kappa shape index (κ2) is 5.97. The van der Waals surface area contributed by atoms with Crippen LogP contribution in [0.4, 0.5) is 0 Å². The van der Waals surface area contributed by atoms with Gasteiger partial charge in [0.2, 0.25) is 5.91 Å². The highest BCUT2D eigenvalue weighted by molar-refractivity contribution is 5.84. The number of carbonyl (C=O) groups is 1. The van der Waals surface area contributed by atoms with Crippen molar-refractivity contribution in [3.63, 3.8) is 0 Å². The molecule has 4 rings (SSSR count). The lowest BCUT2D eigenvalue weighted by Gasteiger charge is -2.24. The van der Waals surface area contributed by atoms with Gasteiger partial charge < -0.3 is 9.88 Å². The fourth-order valence-electron chi connectivity index (χ4n) is 4.61. The summed E-state index contributed by atoms with van der Waals surface area (Å²) in [6.45, 7) is 11.6. The highest BCUT2D eigenvalue weighted by atomic mass is 16.2. The Kier molecular flexibility index (Phi) is 3.98. The quantitative estimate of drug-likeness (QED) is 0.810. The molecule has 1 amide bonds. The average molecular weight is 351 g/mol. The summed E-state index contributed by atoms with van der Waals surface area (Å²) in [4.78, 5) is 23.7. The van der Waals surface area contributed by atoms with Crippen molar-refractivity contribution in [2.75, 3.05) is 6.54 Å². The summed E-state index contributed by atoms with van der Waals surface area (Å²) in [5.41, 5.74) is 4.62. The van der Waals surface area contributed by atoms with E-state index in [1.54, 1.807) is 0 Å². The minimum absolute atomic E-state index is 0.0620. The predicted molar refractivity (Wildman–Crippen MR) is 105 cm³/mol. The first-order valence-electron chi connectivity index (χ1n) is 9.71. The summed E-state index contributed by atoms with van der Waals surface area (Å²) in [7, 11) is 0. The Morgan fingerprint density at radius 3 is 2.85 bits per heavy atom.